The number of carbonyl (C=O) groups excluding carboxylic acids is 2. The maximum atomic E-state index is 13.1. The van der Waals surface area contributed by atoms with E-state index in [1.54, 1.807) is 18.2 Å². The largest absolute Gasteiger partial charge is 0.454 e. The molecule has 2 saturated heterocycles. The number of ketones is 1. The molecule has 3 aliphatic rings. The molecular formula is C23H23NO5. The van der Waals surface area contributed by atoms with Gasteiger partial charge in [-0.2, -0.15) is 0 Å². The highest BCUT2D eigenvalue weighted by Crippen LogP contribution is 2.41. The lowest BCUT2D eigenvalue weighted by Crippen LogP contribution is -2.48. The van der Waals surface area contributed by atoms with E-state index in [4.69, 9.17) is 14.2 Å². The summed E-state index contributed by atoms with van der Waals surface area (Å²) < 4.78 is 16.3. The van der Waals surface area contributed by atoms with Crippen molar-refractivity contribution in [2.45, 2.75) is 44.4 Å². The number of nitrogens with zero attached hydrogens (tertiary/aromatic N) is 1. The normalized spacial score (nSPS) is 24.4. The fraction of sp³-hybridized carbons (Fsp3) is 0.391. The predicted octanol–water partition coefficient (Wildman–Crippen LogP) is 4.18. The molecule has 2 fully saturated rings. The van der Waals surface area contributed by atoms with Gasteiger partial charge in [0, 0.05) is 23.6 Å². The number of fused-ring (bicyclic) bond motifs is 3. The van der Waals surface area contributed by atoms with Crippen molar-refractivity contribution in [1.82, 2.24) is 4.90 Å². The molecule has 5 rings (SSSR count). The van der Waals surface area contributed by atoms with Crippen LogP contribution >= 0.6 is 0 Å². The number of benzene rings is 2. The number of Topliss-reactive ketones (excluding diaryl/α,β-unsaturated/α-hetero) is 1. The van der Waals surface area contributed by atoms with E-state index in [-0.39, 0.29) is 43.3 Å². The Morgan fingerprint density at radius 3 is 2.45 bits per heavy atom. The lowest BCUT2D eigenvalue weighted by molar-refractivity contribution is 0.0485. The van der Waals surface area contributed by atoms with Crippen molar-refractivity contribution in [3.63, 3.8) is 0 Å². The second kappa shape index (κ2) is 7.43. The monoisotopic (exact) mass is 393 g/mol. The quantitative estimate of drug-likeness (QED) is 0.729. The van der Waals surface area contributed by atoms with Crippen molar-refractivity contribution >= 4 is 11.9 Å². The van der Waals surface area contributed by atoms with Crippen molar-refractivity contribution in [3.8, 4) is 11.5 Å². The Morgan fingerprint density at radius 2 is 1.69 bits per heavy atom. The fourth-order valence-electron chi connectivity index (χ4n) is 4.77. The van der Waals surface area contributed by atoms with E-state index in [0.717, 1.165) is 18.4 Å². The number of ether oxygens (including phenoxy) is 3. The Balaban J connectivity index is 1.24. The summed E-state index contributed by atoms with van der Waals surface area (Å²) in [6.07, 6.45) is 2.95. The Kier molecular flexibility index (Phi) is 4.62. The van der Waals surface area contributed by atoms with Crippen molar-refractivity contribution in [1.29, 1.82) is 0 Å². The van der Waals surface area contributed by atoms with Crippen molar-refractivity contribution < 1.29 is 23.8 Å². The molecule has 0 spiro atoms. The summed E-state index contributed by atoms with van der Waals surface area (Å²) in [7, 11) is 0. The molecule has 0 N–H and O–H groups in total. The predicted molar refractivity (Wildman–Crippen MR) is 105 cm³/mol. The molecule has 150 valence electrons. The van der Waals surface area contributed by atoms with E-state index in [0.29, 0.717) is 29.9 Å². The molecule has 3 heterocycles. The molecule has 0 aromatic heterocycles. The van der Waals surface area contributed by atoms with Crippen LogP contribution in [0.2, 0.25) is 0 Å². The average molecular weight is 393 g/mol. The highest BCUT2D eigenvalue weighted by Gasteiger charge is 2.46. The molecule has 3 aliphatic heterocycles. The molecule has 0 aliphatic carbocycles. The van der Waals surface area contributed by atoms with E-state index in [2.05, 4.69) is 0 Å². The molecule has 2 unspecified atom stereocenters. The third kappa shape index (κ3) is 3.43. The first kappa shape index (κ1) is 18.0. The van der Waals surface area contributed by atoms with Gasteiger partial charge in [0.1, 0.15) is 6.61 Å². The van der Waals surface area contributed by atoms with E-state index >= 15 is 0 Å². The van der Waals surface area contributed by atoms with Gasteiger partial charge in [-0.25, -0.2) is 4.79 Å². The zero-order chi connectivity index (χ0) is 19.8. The summed E-state index contributed by atoms with van der Waals surface area (Å²) in [5.41, 5.74) is 1.62. The Hall–Kier alpha value is -3.02. The maximum Gasteiger partial charge on any atom is 0.410 e. The molecule has 29 heavy (non-hydrogen) atoms. The Bertz CT molecular complexity index is 914. The smallest absolute Gasteiger partial charge is 0.410 e. The van der Waals surface area contributed by atoms with Gasteiger partial charge in [0.05, 0.1) is 0 Å². The molecule has 2 bridgehead atoms. The zero-order valence-corrected chi connectivity index (χ0v) is 16.1. The van der Waals surface area contributed by atoms with Crippen molar-refractivity contribution in [2.24, 2.45) is 5.92 Å². The van der Waals surface area contributed by atoms with E-state index in [9.17, 15) is 9.59 Å². The average Bonchev–Trinajstić information content (AvgIpc) is 3.33. The lowest BCUT2D eigenvalue weighted by Gasteiger charge is -2.37. The molecule has 2 aromatic rings. The van der Waals surface area contributed by atoms with Gasteiger partial charge >= 0.3 is 6.09 Å². The summed E-state index contributed by atoms with van der Waals surface area (Å²) in [6, 6.07) is 15.2. The van der Waals surface area contributed by atoms with Crippen molar-refractivity contribution in [3.05, 3.63) is 59.7 Å². The Morgan fingerprint density at radius 1 is 0.966 bits per heavy atom. The molecule has 2 atom stereocenters. The number of carbonyl (C=O) groups is 2. The van der Waals surface area contributed by atoms with Gasteiger partial charge in [0.2, 0.25) is 6.79 Å². The lowest BCUT2D eigenvalue weighted by atomic mass is 9.85. The summed E-state index contributed by atoms with van der Waals surface area (Å²) in [5, 5.41) is 0. The number of hydrogen-bond acceptors (Lipinski definition) is 5. The van der Waals surface area contributed by atoms with Gasteiger partial charge in [-0.05, 0) is 49.4 Å². The summed E-state index contributed by atoms with van der Waals surface area (Å²) in [4.78, 5) is 27.6. The second-order valence-electron chi connectivity index (χ2n) is 7.93. The van der Waals surface area contributed by atoms with Crippen LogP contribution in [0.15, 0.2) is 48.5 Å². The van der Waals surface area contributed by atoms with E-state index < -0.39 is 0 Å². The van der Waals surface area contributed by atoms with Crippen LogP contribution in [0.5, 0.6) is 11.5 Å². The molecule has 1 amide bonds. The molecule has 6 nitrogen and oxygen atoms in total. The van der Waals surface area contributed by atoms with Crippen LogP contribution in [-0.4, -0.2) is 35.7 Å². The topological polar surface area (TPSA) is 65.1 Å². The molecule has 2 aromatic carbocycles. The van der Waals surface area contributed by atoms with Gasteiger partial charge in [0.15, 0.2) is 17.3 Å². The second-order valence-corrected chi connectivity index (χ2v) is 7.93. The number of amides is 1. The first-order valence-corrected chi connectivity index (χ1v) is 10.1. The first-order chi connectivity index (χ1) is 14.2. The van der Waals surface area contributed by atoms with Gasteiger partial charge in [-0.15, -0.1) is 0 Å². The minimum absolute atomic E-state index is 0.0694. The maximum absolute atomic E-state index is 13.1. The molecule has 6 heteroatoms. The third-order valence-electron chi connectivity index (χ3n) is 6.18. The standard InChI is InChI=1S/C23H23NO5/c25-22(16-6-9-20-21(12-16)29-14-28-20)17-10-18-7-8-19(11-17)24(18)23(26)27-13-15-4-2-1-3-5-15/h1-6,9,12,17-19H,7-8,10-11,13-14H2. The zero-order valence-electron chi connectivity index (χ0n) is 16.1. The molecule has 0 saturated carbocycles. The summed E-state index contributed by atoms with van der Waals surface area (Å²) >= 11 is 0. The Labute approximate surface area is 169 Å². The van der Waals surface area contributed by atoms with Crippen LogP contribution in [0, 0.1) is 5.92 Å². The number of rotatable bonds is 4. The van der Waals surface area contributed by atoms with Crippen molar-refractivity contribution in [2.75, 3.05) is 6.79 Å². The molecular weight excluding hydrogens is 370 g/mol. The third-order valence-corrected chi connectivity index (χ3v) is 6.18. The number of hydrogen-bond donors (Lipinski definition) is 0. The van der Waals surface area contributed by atoms with Crippen LogP contribution < -0.4 is 9.47 Å². The highest BCUT2D eigenvalue weighted by molar-refractivity contribution is 5.98. The van der Waals surface area contributed by atoms with Crippen LogP contribution in [0.3, 0.4) is 0 Å². The minimum Gasteiger partial charge on any atom is -0.454 e. The highest BCUT2D eigenvalue weighted by atomic mass is 16.7. The number of piperidine rings is 1. The SMILES string of the molecule is O=C(c1ccc2c(c1)OCO2)C1CC2CCC(C1)N2C(=O)OCc1ccccc1. The molecule has 0 radical (unpaired) electrons. The van der Waals surface area contributed by atoms with Gasteiger partial charge in [0.25, 0.3) is 0 Å². The van der Waals surface area contributed by atoms with Crippen LogP contribution in [0.25, 0.3) is 0 Å². The van der Waals surface area contributed by atoms with Crippen LogP contribution in [0.4, 0.5) is 4.79 Å². The minimum atomic E-state index is -0.268. The van der Waals surface area contributed by atoms with E-state index in [1.807, 2.05) is 35.2 Å². The van der Waals surface area contributed by atoms with Gasteiger partial charge in [-0.1, -0.05) is 30.3 Å². The summed E-state index contributed by atoms with van der Waals surface area (Å²) in [5.74, 6) is 1.35. The van der Waals surface area contributed by atoms with Crippen LogP contribution in [-0.2, 0) is 11.3 Å². The van der Waals surface area contributed by atoms with E-state index in [1.165, 1.54) is 0 Å². The van der Waals surface area contributed by atoms with Crippen LogP contribution in [0.1, 0.15) is 41.6 Å². The van der Waals surface area contributed by atoms with Gasteiger partial charge in [-0.3, -0.25) is 4.79 Å². The first-order valence-electron chi connectivity index (χ1n) is 10.1. The fourth-order valence-corrected chi connectivity index (χ4v) is 4.77. The summed E-state index contributed by atoms with van der Waals surface area (Å²) in [6.45, 7) is 0.468. The van der Waals surface area contributed by atoms with Gasteiger partial charge < -0.3 is 19.1 Å².